The van der Waals surface area contributed by atoms with E-state index >= 15 is 0 Å². The molecule has 2 rings (SSSR count). The SMILES string of the molecule is CCCc1ccc(C(NC(=O)CNC(=O)c2cccs2)C(C)C)cc1. The Hall–Kier alpha value is -2.14. The summed E-state index contributed by atoms with van der Waals surface area (Å²) in [5, 5.41) is 7.54. The molecule has 5 heteroatoms. The Morgan fingerprint density at radius 3 is 2.40 bits per heavy atom. The van der Waals surface area contributed by atoms with Crippen LogP contribution in [-0.2, 0) is 11.2 Å². The molecule has 134 valence electrons. The van der Waals surface area contributed by atoms with E-state index in [1.54, 1.807) is 6.07 Å². The van der Waals surface area contributed by atoms with Gasteiger partial charge in [-0.15, -0.1) is 11.3 Å². The predicted octanol–water partition coefficient (Wildman–Crippen LogP) is 3.94. The van der Waals surface area contributed by atoms with Crippen LogP contribution in [0.5, 0.6) is 0 Å². The molecule has 0 saturated carbocycles. The van der Waals surface area contributed by atoms with Gasteiger partial charge in [0.25, 0.3) is 5.91 Å². The van der Waals surface area contributed by atoms with Crippen LogP contribution in [0.3, 0.4) is 0 Å². The molecule has 0 aliphatic rings. The number of nitrogens with one attached hydrogen (secondary N) is 2. The van der Waals surface area contributed by atoms with E-state index in [4.69, 9.17) is 0 Å². The summed E-state index contributed by atoms with van der Waals surface area (Å²) in [4.78, 5) is 24.8. The van der Waals surface area contributed by atoms with Gasteiger partial charge in [0.2, 0.25) is 5.91 Å². The van der Waals surface area contributed by atoms with Crippen molar-refractivity contribution in [2.75, 3.05) is 6.54 Å². The van der Waals surface area contributed by atoms with Gasteiger partial charge in [-0.1, -0.05) is 57.5 Å². The lowest BCUT2D eigenvalue weighted by atomic mass is 9.94. The lowest BCUT2D eigenvalue weighted by Crippen LogP contribution is -2.39. The highest BCUT2D eigenvalue weighted by Gasteiger charge is 2.19. The zero-order valence-corrected chi connectivity index (χ0v) is 15.9. The number of hydrogen-bond acceptors (Lipinski definition) is 3. The smallest absolute Gasteiger partial charge is 0.261 e. The molecular formula is C20H26N2O2S. The number of benzene rings is 1. The first-order valence-electron chi connectivity index (χ1n) is 8.71. The molecule has 1 aromatic carbocycles. The van der Waals surface area contributed by atoms with Gasteiger partial charge in [-0.3, -0.25) is 9.59 Å². The summed E-state index contributed by atoms with van der Waals surface area (Å²) in [5.74, 6) is -0.134. The number of carbonyl (C=O) groups excluding carboxylic acids is 2. The van der Waals surface area contributed by atoms with Crippen LogP contribution < -0.4 is 10.6 Å². The summed E-state index contributed by atoms with van der Waals surface area (Å²) in [6, 6.07) is 11.9. The van der Waals surface area contributed by atoms with Crippen molar-refractivity contribution < 1.29 is 9.59 Å². The Labute approximate surface area is 153 Å². The molecule has 0 spiro atoms. The zero-order chi connectivity index (χ0) is 18.2. The van der Waals surface area contributed by atoms with Gasteiger partial charge < -0.3 is 10.6 Å². The maximum atomic E-state index is 12.3. The average Bonchev–Trinajstić information content (AvgIpc) is 3.13. The number of carbonyl (C=O) groups is 2. The van der Waals surface area contributed by atoms with Crippen LogP contribution in [0.15, 0.2) is 41.8 Å². The van der Waals surface area contributed by atoms with Crippen molar-refractivity contribution in [2.24, 2.45) is 5.92 Å². The maximum Gasteiger partial charge on any atom is 0.261 e. The second-order valence-electron chi connectivity index (χ2n) is 6.44. The molecule has 1 atom stereocenters. The first kappa shape index (κ1) is 19.2. The van der Waals surface area contributed by atoms with Crippen LogP contribution in [-0.4, -0.2) is 18.4 Å². The van der Waals surface area contributed by atoms with Gasteiger partial charge in [-0.05, 0) is 34.9 Å². The summed E-state index contributed by atoms with van der Waals surface area (Å²) in [7, 11) is 0. The third-order valence-electron chi connectivity index (χ3n) is 4.02. The number of hydrogen-bond donors (Lipinski definition) is 2. The molecule has 0 bridgehead atoms. The first-order valence-corrected chi connectivity index (χ1v) is 9.59. The molecule has 25 heavy (non-hydrogen) atoms. The van der Waals surface area contributed by atoms with Crippen LogP contribution in [0.25, 0.3) is 0 Å². The summed E-state index contributed by atoms with van der Waals surface area (Å²) >= 11 is 1.36. The number of thiophene rings is 1. The van der Waals surface area contributed by atoms with Crippen molar-refractivity contribution in [3.63, 3.8) is 0 Å². The Kier molecular flexibility index (Phi) is 7.19. The molecule has 2 N–H and O–H groups in total. The Morgan fingerprint density at radius 2 is 1.84 bits per heavy atom. The van der Waals surface area contributed by atoms with Gasteiger partial charge in [0.1, 0.15) is 0 Å². The van der Waals surface area contributed by atoms with E-state index in [9.17, 15) is 9.59 Å². The molecule has 0 aliphatic heterocycles. The lowest BCUT2D eigenvalue weighted by molar-refractivity contribution is -0.121. The summed E-state index contributed by atoms with van der Waals surface area (Å²) in [6.07, 6.45) is 2.18. The Morgan fingerprint density at radius 1 is 1.12 bits per heavy atom. The van der Waals surface area contributed by atoms with Crippen molar-refractivity contribution in [1.82, 2.24) is 10.6 Å². The fourth-order valence-electron chi connectivity index (χ4n) is 2.70. The minimum Gasteiger partial charge on any atom is -0.348 e. The topological polar surface area (TPSA) is 58.2 Å². The lowest BCUT2D eigenvalue weighted by Gasteiger charge is -2.23. The number of rotatable bonds is 8. The molecule has 2 aromatic rings. The van der Waals surface area contributed by atoms with Gasteiger partial charge in [-0.25, -0.2) is 0 Å². The molecule has 1 unspecified atom stereocenters. The molecular weight excluding hydrogens is 332 g/mol. The largest absolute Gasteiger partial charge is 0.348 e. The minimum absolute atomic E-state index is 0.0200. The molecule has 1 aromatic heterocycles. The fraction of sp³-hybridized carbons (Fsp3) is 0.400. The third-order valence-corrected chi connectivity index (χ3v) is 4.88. The van der Waals surface area contributed by atoms with E-state index in [1.807, 2.05) is 11.4 Å². The molecule has 2 amide bonds. The van der Waals surface area contributed by atoms with E-state index in [0.717, 1.165) is 18.4 Å². The van der Waals surface area contributed by atoms with Crippen molar-refractivity contribution in [3.8, 4) is 0 Å². The van der Waals surface area contributed by atoms with Gasteiger partial charge in [-0.2, -0.15) is 0 Å². The number of aryl methyl sites for hydroxylation is 1. The second kappa shape index (κ2) is 9.37. The normalized spacial score (nSPS) is 12.0. The Bertz CT molecular complexity index is 678. The molecule has 0 aliphatic carbocycles. The highest BCUT2D eigenvalue weighted by atomic mass is 32.1. The summed E-state index contributed by atoms with van der Waals surface area (Å²) in [5.41, 5.74) is 2.40. The van der Waals surface area contributed by atoms with Crippen LogP contribution in [0.1, 0.15) is 54.0 Å². The molecule has 1 heterocycles. The molecule has 0 fully saturated rings. The maximum absolute atomic E-state index is 12.3. The van der Waals surface area contributed by atoms with E-state index in [2.05, 4.69) is 55.7 Å². The van der Waals surface area contributed by atoms with E-state index < -0.39 is 0 Å². The van der Waals surface area contributed by atoms with E-state index in [1.165, 1.54) is 16.9 Å². The quantitative estimate of drug-likeness (QED) is 0.751. The van der Waals surface area contributed by atoms with Crippen molar-refractivity contribution in [1.29, 1.82) is 0 Å². The third kappa shape index (κ3) is 5.71. The average molecular weight is 359 g/mol. The predicted molar refractivity (Wildman–Crippen MR) is 103 cm³/mol. The van der Waals surface area contributed by atoms with Crippen molar-refractivity contribution in [3.05, 3.63) is 57.8 Å². The number of amides is 2. The molecule has 4 nitrogen and oxygen atoms in total. The minimum atomic E-state index is -0.213. The monoisotopic (exact) mass is 358 g/mol. The second-order valence-corrected chi connectivity index (χ2v) is 7.39. The summed E-state index contributed by atoms with van der Waals surface area (Å²) < 4.78 is 0. The van der Waals surface area contributed by atoms with E-state index in [-0.39, 0.29) is 30.3 Å². The van der Waals surface area contributed by atoms with Crippen LogP contribution in [0.2, 0.25) is 0 Å². The highest BCUT2D eigenvalue weighted by molar-refractivity contribution is 7.12. The van der Waals surface area contributed by atoms with Gasteiger partial charge >= 0.3 is 0 Å². The fourth-order valence-corrected chi connectivity index (χ4v) is 3.34. The standard InChI is InChI=1S/C20H26N2O2S/c1-4-6-15-8-10-16(11-9-15)19(14(2)3)22-18(23)13-21-20(24)17-7-5-12-25-17/h5,7-12,14,19H,4,6,13H2,1-3H3,(H,21,24)(H,22,23). The van der Waals surface area contributed by atoms with Crippen molar-refractivity contribution >= 4 is 23.2 Å². The summed E-state index contributed by atoms with van der Waals surface area (Å²) in [6.45, 7) is 6.30. The molecule has 0 radical (unpaired) electrons. The van der Waals surface area contributed by atoms with Crippen LogP contribution in [0.4, 0.5) is 0 Å². The first-order chi connectivity index (χ1) is 12.0. The van der Waals surface area contributed by atoms with Crippen LogP contribution in [0, 0.1) is 5.92 Å². The van der Waals surface area contributed by atoms with Gasteiger partial charge in [0.15, 0.2) is 0 Å². The highest BCUT2D eigenvalue weighted by Crippen LogP contribution is 2.22. The molecule has 0 saturated heterocycles. The van der Waals surface area contributed by atoms with Gasteiger partial charge in [0.05, 0.1) is 17.5 Å². The van der Waals surface area contributed by atoms with E-state index in [0.29, 0.717) is 4.88 Å². The van der Waals surface area contributed by atoms with Gasteiger partial charge in [0, 0.05) is 0 Å². The van der Waals surface area contributed by atoms with Crippen LogP contribution >= 0.6 is 11.3 Å². The Balaban J connectivity index is 1.93. The van der Waals surface area contributed by atoms with Crippen molar-refractivity contribution in [2.45, 2.75) is 39.7 Å². The zero-order valence-electron chi connectivity index (χ0n) is 15.0.